The molecule has 6 aliphatic rings. The van der Waals surface area contributed by atoms with Crippen molar-refractivity contribution in [2.24, 2.45) is 46.3 Å². The molecule has 6 fully saturated rings. The summed E-state index contributed by atoms with van der Waals surface area (Å²) < 4.78 is 63.3. The van der Waals surface area contributed by atoms with E-state index < -0.39 is 100 Å². The van der Waals surface area contributed by atoms with Crippen LogP contribution in [0.1, 0.15) is 92.4 Å². The zero-order valence-corrected chi connectivity index (χ0v) is 32.8. The van der Waals surface area contributed by atoms with Crippen LogP contribution in [-0.4, -0.2) is 146 Å². The van der Waals surface area contributed by atoms with E-state index in [0.717, 1.165) is 0 Å². The maximum Gasteiger partial charge on any atom is 0.397 e. The van der Waals surface area contributed by atoms with Crippen LogP contribution in [0.3, 0.4) is 0 Å². The van der Waals surface area contributed by atoms with Crippen molar-refractivity contribution < 1.29 is 77.0 Å². The summed E-state index contributed by atoms with van der Waals surface area (Å²) in [5.41, 5.74) is -2.72. The first-order valence-corrected chi connectivity index (χ1v) is 21.2. The van der Waals surface area contributed by atoms with Crippen molar-refractivity contribution >= 4 is 10.4 Å². The van der Waals surface area contributed by atoms with E-state index in [4.69, 9.17) is 23.1 Å². The largest absolute Gasteiger partial charge is 0.397 e. The highest BCUT2D eigenvalue weighted by Gasteiger charge is 2.71. The Hall–Kier alpha value is -0.610. The van der Waals surface area contributed by atoms with E-state index in [1.807, 2.05) is 13.8 Å². The molecule has 2 aliphatic heterocycles. The number of rotatable bonds is 11. The van der Waals surface area contributed by atoms with Gasteiger partial charge in [0.1, 0.15) is 36.6 Å². The van der Waals surface area contributed by atoms with E-state index in [0.29, 0.717) is 44.9 Å². The molecule has 4 aliphatic carbocycles. The molecule has 0 aromatic rings. The van der Waals surface area contributed by atoms with Crippen LogP contribution >= 0.6 is 0 Å². The molecule has 0 spiro atoms. The van der Waals surface area contributed by atoms with Crippen molar-refractivity contribution in [2.75, 3.05) is 13.2 Å². The third-order valence-electron chi connectivity index (χ3n) is 14.8. The van der Waals surface area contributed by atoms with Crippen molar-refractivity contribution in [1.82, 2.24) is 0 Å². The van der Waals surface area contributed by atoms with Crippen LogP contribution in [0.5, 0.6) is 0 Å². The molecule has 54 heavy (non-hydrogen) atoms. The molecular weight excluding hydrogens is 732 g/mol. The van der Waals surface area contributed by atoms with E-state index in [2.05, 4.69) is 20.8 Å². The molecule has 16 nitrogen and oxygen atoms in total. The summed E-state index contributed by atoms with van der Waals surface area (Å²) >= 11 is 0. The van der Waals surface area contributed by atoms with Gasteiger partial charge in [-0.25, -0.2) is 4.18 Å². The van der Waals surface area contributed by atoms with Gasteiger partial charge >= 0.3 is 10.4 Å². The van der Waals surface area contributed by atoms with Gasteiger partial charge in [0.25, 0.3) is 0 Å². The fraction of sp³-hybridized carbons (Fsp3) is 1.00. The van der Waals surface area contributed by atoms with Crippen LogP contribution in [-0.2, 0) is 33.5 Å². The Morgan fingerprint density at radius 1 is 0.778 bits per heavy atom. The number of aliphatic hydroxyl groups is 8. The minimum Gasteiger partial charge on any atom is -0.393 e. The number of aliphatic hydroxyl groups excluding tert-OH is 7. The second-order valence-corrected chi connectivity index (χ2v) is 19.4. The van der Waals surface area contributed by atoms with Crippen LogP contribution in [0.2, 0.25) is 0 Å². The van der Waals surface area contributed by atoms with E-state index >= 15 is 0 Å². The Kier molecular flexibility index (Phi) is 12.6. The quantitative estimate of drug-likeness (QED) is 0.100. The summed E-state index contributed by atoms with van der Waals surface area (Å²) in [5, 5.41) is 85.8. The summed E-state index contributed by atoms with van der Waals surface area (Å²) in [7, 11) is -4.90. The van der Waals surface area contributed by atoms with E-state index in [1.54, 1.807) is 0 Å². The molecule has 4 saturated carbocycles. The standard InChI is InChI=1S/C37H64O16S/c1-17(2)25(52-34-31(44)29(42)24(40)16-50-34)7-6-18(3)20-13-26(53-54(46,47)48)32-36(20,5)11-9-27-35(4)10-8-19(12-21(35)22(38)14-37(27,32)45)51-33-30(43)28(41)23(39)15-49-33/h17-34,38-45H,6-16H2,1-5H3,(H,46,47,48)/t18-,19+,20-,21-,22-,23-,24-,25+,26+,27-,28+,29+,30-,31-,32-,33+,34+,35+,36-,37+/m1/s1. The fourth-order valence-electron chi connectivity index (χ4n) is 12.1. The van der Waals surface area contributed by atoms with Gasteiger partial charge in [0, 0.05) is 12.3 Å². The Morgan fingerprint density at radius 3 is 1.98 bits per heavy atom. The third-order valence-corrected chi connectivity index (χ3v) is 15.3. The topological polar surface area (TPSA) is 262 Å². The second kappa shape index (κ2) is 15.9. The molecular formula is C37H64O16S. The molecule has 2 heterocycles. The molecule has 0 amide bonds. The van der Waals surface area contributed by atoms with Crippen LogP contribution in [0, 0.1) is 46.3 Å². The lowest BCUT2D eigenvalue weighted by Gasteiger charge is -2.66. The zero-order chi connectivity index (χ0) is 39.7. The zero-order valence-electron chi connectivity index (χ0n) is 32.0. The Bertz CT molecular complexity index is 1400. The minimum atomic E-state index is -4.90. The van der Waals surface area contributed by atoms with Gasteiger partial charge in [0.2, 0.25) is 0 Å². The first kappa shape index (κ1) is 43.0. The molecule has 0 unspecified atom stereocenters. The molecule has 314 valence electrons. The van der Waals surface area contributed by atoms with Gasteiger partial charge in [-0.2, -0.15) is 8.42 Å². The number of hydrogen-bond acceptors (Lipinski definition) is 15. The molecule has 0 aromatic heterocycles. The Labute approximate surface area is 318 Å². The molecule has 0 radical (unpaired) electrons. The highest BCUT2D eigenvalue weighted by molar-refractivity contribution is 7.80. The molecule has 17 heteroatoms. The summed E-state index contributed by atoms with van der Waals surface area (Å²) in [5.74, 6) is -1.51. The Balaban J connectivity index is 1.19. The minimum absolute atomic E-state index is 0.00771. The number of fused-ring (bicyclic) bond motifs is 5. The van der Waals surface area contributed by atoms with Crippen LogP contribution in [0.25, 0.3) is 0 Å². The fourth-order valence-corrected chi connectivity index (χ4v) is 12.6. The van der Waals surface area contributed by atoms with Gasteiger partial charge in [-0.15, -0.1) is 0 Å². The van der Waals surface area contributed by atoms with Crippen molar-refractivity contribution in [3.05, 3.63) is 0 Å². The molecule has 0 aromatic carbocycles. The third kappa shape index (κ3) is 7.92. The van der Waals surface area contributed by atoms with Gasteiger partial charge in [-0.1, -0.05) is 34.6 Å². The van der Waals surface area contributed by atoms with Gasteiger partial charge in [-0.05, 0) is 91.8 Å². The number of hydrogen-bond donors (Lipinski definition) is 9. The maximum atomic E-state index is 13.0. The van der Waals surface area contributed by atoms with Crippen molar-refractivity contribution in [3.63, 3.8) is 0 Å². The summed E-state index contributed by atoms with van der Waals surface area (Å²) in [6.07, 6.45) is -9.06. The van der Waals surface area contributed by atoms with E-state index in [1.165, 1.54) is 0 Å². The summed E-state index contributed by atoms with van der Waals surface area (Å²) in [6.45, 7) is 9.77. The average molecular weight is 797 g/mol. The van der Waals surface area contributed by atoms with Gasteiger partial charge in [-0.3, -0.25) is 4.55 Å². The first-order chi connectivity index (χ1) is 25.1. The summed E-state index contributed by atoms with van der Waals surface area (Å²) in [4.78, 5) is 0. The summed E-state index contributed by atoms with van der Waals surface area (Å²) in [6, 6.07) is 0. The first-order valence-electron chi connectivity index (χ1n) is 19.8. The predicted octanol–water partition coefficient (Wildman–Crippen LogP) is 0.250. The normalized spacial score (nSPS) is 50.9. The predicted molar refractivity (Wildman–Crippen MR) is 188 cm³/mol. The monoisotopic (exact) mass is 796 g/mol. The smallest absolute Gasteiger partial charge is 0.393 e. The molecule has 9 N–H and O–H groups in total. The Morgan fingerprint density at radius 2 is 1.37 bits per heavy atom. The van der Waals surface area contributed by atoms with Crippen molar-refractivity contribution in [2.45, 2.75) is 172 Å². The average Bonchev–Trinajstić information content (AvgIpc) is 3.38. The van der Waals surface area contributed by atoms with Gasteiger partial charge in [0.05, 0.1) is 43.2 Å². The lowest BCUT2D eigenvalue weighted by molar-refractivity contribution is -0.299. The van der Waals surface area contributed by atoms with E-state index in [-0.39, 0.29) is 61.7 Å². The number of ether oxygens (including phenoxy) is 4. The van der Waals surface area contributed by atoms with Crippen LogP contribution in [0.4, 0.5) is 0 Å². The lowest BCUT2D eigenvalue weighted by atomic mass is 9.42. The van der Waals surface area contributed by atoms with Crippen LogP contribution < -0.4 is 0 Å². The molecule has 20 atom stereocenters. The second-order valence-electron chi connectivity index (χ2n) is 18.4. The molecule has 6 rings (SSSR count). The molecule has 0 bridgehead atoms. The maximum absolute atomic E-state index is 13.0. The highest BCUT2D eigenvalue weighted by Crippen LogP contribution is 2.70. The van der Waals surface area contributed by atoms with E-state index in [9.17, 15) is 53.8 Å². The van der Waals surface area contributed by atoms with Gasteiger partial charge < -0.3 is 59.8 Å². The SMILES string of the molecule is CC(C)[C@H](CC[C@@H](C)[C@H]1C[C@H](OS(=O)(=O)O)[C@@H]2[C@]1(C)CC[C@@H]1[C@@]3(C)CC[C@H](O[C@@H]4OC[C@@H](O)[C@H](O)[C@H]4O)C[C@@H]3[C@H](O)C[C@]12O)O[C@@H]1OC[C@@H](O)[C@H](O)[C@H]1O. The lowest BCUT2D eigenvalue weighted by Crippen LogP contribution is -2.69. The highest BCUT2D eigenvalue weighted by atomic mass is 32.3. The van der Waals surface area contributed by atoms with Crippen molar-refractivity contribution in [3.8, 4) is 0 Å². The molecule has 2 saturated heterocycles. The van der Waals surface area contributed by atoms with Gasteiger partial charge in [0.15, 0.2) is 12.6 Å². The van der Waals surface area contributed by atoms with Crippen molar-refractivity contribution in [1.29, 1.82) is 0 Å². The van der Waals surface area contributed by atoms with Crippen LogP contribution in [0.15, 0.2) is 0 Å².